The molecule has 0 aliphatic heterocycles. The first-order valence-electron chi connectivity index (χ1n) is 6.92. The van der Waals surface area contributed by atoms with E-state index < -0.39 is 50.9 Å². The van der Waals surface area contributed by atoms with Gasteiger partial charge in [0.15, 0.2) is 0 Å². The Morgan fingerprint density at radius 2 is 1.15 bits per heavy atom. The Morgan fingerprint density at radius 3 is 1.42 bits per heavy atom. The first-order chi connectivity index (χ1) is 11.6. The van der Waals surface area contributed by atoms with Crippen LogP contribution >= 0.6 is 0 Å². The summed E-state index contributed by atoms with van der Waals surface area (Å²) >= 11 is 0. The topological polar surface area (TPSA) is 88.1 Å². The van der Waals surface area contributed by atoms with E-state index in [0.29, 0.717) is 20.8 Å². The highest BCUT2D eigenvalue weighted by Gasteiger charge is 2.90. The lowest BCUT2D eigenvalue weighted by molar-refractivity contribution is -0.389. The lowest BCUT2D eigenvalue weighted by Crippen LogP contribution is -2.73. The van der Waals surface area contributed by atoms with E-state index in [1.54, 1.807) is 0 Å². The van der Waals surface area contributed by atoms with E-state index in [2.05, 4.69) is 18.0 Å². The zero-order valence-electron chi connectivity index (χ0n) is 14.0. The summed E-state index contributed by atoms with van der Waals surface area (Å²) in [4.78, 5) is 33.2. The van der Waals surface area contributed by atoms with Crippen LogP contribution in [-0.4, -0.2) is 50.9 Å². The first kappa shape index (κ1) is 24.2. The molecular weight excluding hydrogens is 398 g/mol. The molecule has 0 bridgehead atoms. The van der Waals surface area contributed by atoms with Gasteiger partial charge < -0.3 is 18.0 Å². The maximum absolute atomic E-state index is 14.4. The van der Waals surface area contributed by atoms with Crippen LogP contribution < -0.4 is 0 Å². The van der Waals surface area contributed by atoms with Gasteiger partial charge in [-0.25, -0.2) is 0 Å². The molecule has 0 saturated heterocycles. The van der Waals surface area contributed by atoms with E-state index in [1.165, 1.54) is 6.92 Å². The van der Waals surface area contributed by atoms with Crippen molar-refractivity contribution in [2.24, 2.45) is 0 Å². The second kappa shape index (κ2) is 8.24. The Kier molecular flexibility index (Phi) is 7.66. The molecule has 0 aromatic carbocycles. The molecule has 0 aromatic rings. The molecule has 0 aliphatic rings. The Labute approximate surface area is 144 Å². The van der Waals surface area contributed by atoms with Crippen molar-refractivity contribution in [3.8, 4) is 0 Å². The van der Waals surface area contributed by atoms with Gasteiger partial charge in [-0.2, -0.15) is 26.3 Å². The van der Waals surface area contributed by atoms with Crippen LogP contribution in [0.4, 0.5) is 26.3 Å². The molecule has 0 atom stereocenters. The van der Waals surface area contributed by atoms with E-state index in [-0.39, 0.29) is 6.42 Å². The molecular formula is C12H16F6O7Si. The summed E-state index contributed by atoms with van der Waals surface area (Å²) in [6.07, 6.45) is -6.00. The second-order valence-electron chi connectivity index (χ2n) is 4.85. The van der Waals surface area contributed by atoms with E-state index in [1.807, 2.05) is 0 Å². The molecule has 0 saturated carbocycles. The van der Waals surface area contributed by atoms with Crippen LogP contribution in [0.15, 0.2) is 0 Å². The van der Waals surface area contributed by atoms with Gasteiger partial charge in [-0.1, -0.05) is 6.92 Å². The third-order valence-corrected chi connectivity index (χ3v) is 5.22. The second-order valence-corrected chi connectivity index (χ2v) is 7.20. The van der Waals surface area contributed by atoms with Crippen LogP contribution in [0.25, 0.3) is 0 Å². The SMILES string of the molecule is CCCOC(F)(F)C(F)(F)C(F)(F)[Si](OC(C)=O)(OC(C)=O)OC(C)=O. The minimum atomic E-state index is -6.69. The summed E-state index contributed by atoms with van der Waals surface area (Å²) < 4.78 is 99.2. The molecule has 26 heavy (non-hydrogen) atoms. The zero-order valence-corrected chi connectivity index (χ0v) is 15.0. The lowest BCUT2D eigenvalue weighted by Gasteiger charge is -2.37. The molecule has 0 radical (unpaired) electrons. The highest BCUT2D eigenvalue weighted by Crippen LogP contribution is 2.51. The normalized spacial score (nSPS) is 13.2. The van der Waals surface area contributed by atoms with Crippen LogP contribution in [0.5, 0.6) is 0 Å². The van der Waals surface area contributed by atoms with E-state index >= 15 is 0 Å². The standard InChI is InChI=1S/C12H16F6O7Si/c1-5-6-22-11(15,16)10(13,14)12(17,18)26(23-7(2)19,24-8(3)20)25-9(4)21/h5-6H2,1-4H3. The van der Waals surface area contributed by atoms with Crippen molar-refractivity contribution in [3.63, 3.8) is 0 Å². The number of carbonyl (C=O) groups is 3. The summed E-state index contributed by atoms with van der Waals surface area (Å²) in [6.45, 7) is 1.49. The minimum Gasteiger partial charge on any atom is -0.452 e. The van der Waals surface area contributed by atoms with Crippen molar-refractivity contribution in [1.29, 1.82) is 0 Å². The Bertz CT molecular complexity index is 513. The Hall–Kier alpha value is -1.83. The fraction of sp³-hybridized carbons (Fsp3) is 0.750. The molecule has 0 spiro atoms. The Balaban J connectivity index is 6.42. The summed E-state index contributed by atoms with van der Waals surface area (Å²) in [6, 6.07) is 0. The van der Waals surface area contributed by atoms with Crippen LogP contribution in [0.3, 0.4) is 0 Å². The predicted molar refractivity (Wildman–Crippen MR) is 72.1 cm³/mol. The summed E-state index contributed by atoms with van der Waals surface area (Å²) in [7, 11) is -6.69. The summed E-state index contributed by atoms with van der Waals surface area (Å²) in [5.74, 6) is -11.6. The monoisotopic (exact) mass is 414 g/mol. The van der Waals surface area contributed by atoms with Gasteiger partial charge in [-0.15, -0.1) is 0 Å². The number of alkyl halides is 6. The zero-order chi connectivity index (χ0) is 21.0. The van der Waals surface area contributed by atoms with Crippen molar-refractivity contribution < 1.29 is 58.7 Å². The lowest BCUT2D eigenvalue weighted by atomic mass is 10.3. The molecule has 0 fully saturated rings. The first-order valence-corrected chi connectivity index (χ1v) is 8.65. The Morgan fingerprint density at radius 1 is 0.808 bits per heavy atom. The molecule has 0 N–H and O–H groups in total. The average molecular weight is 414 g/mol. The molecule has 0 aromatic heterocycles. The van der Waals surface area contributed by atoms with Gasteiger partial charge in [0.1, 0.15) is 0 Å². The van der Waals surface area contributed by atoms with Gasteiger partial charge >= 0.3 is 26.4 Å². The third-order valence-electron chi connectivity index (χ3n) is 2.47. The number of ether oxygens (including phenoxy) is 1. The molecule has 0 rings (SSSR count). The summed E-state index contributed by atoms with van der Waals surface area (Å²) in [5.41, 5.74) is -6.11. The maximum atomic E-state index is 14.4. The van der Waals surface area contributed by atoms with Crippen molar-refractivity contribution in [1.82, 2.24) is 0 Å². The average Bonchev–Trinajstić information content (AvgIpc) is 2.42. The van der Waals surface area contributed by atoms with Gasteiger partial charge in [0.2, 0.25) is 0 Å². The van der Waals surface area contributed by atoms with Gasteiger partial charge in [0.05, 0.1) is 6.61 Å². The minimum absolute atomic E-state index is 0.225. The quantitative estimate of drug-likeness (QED) is 0.423. The number of halogens is 6. The molecule has 0 heterocycles. The number of carbonyl (C=O) groups excluding carboxylic acids is 3. The van der Waals surface area contributed by atoms with Crippen LogP contribution in [-0.2, 0) is 32.4 Å². The van der Waals surface area contributed by atoms with Gasteiger partial charge in [0, 0.05) is 20.8 Å². The smallest absolute Gasteiger partial charge is 0.452 e. The van der Waals surface area contributed by atoms with Gasteiger partial charge in [-0.05, 0) is 6.42 Å². The molecule has 7 nitrogen and oxygen atoms in total. The van der Waals surface area contributed by atoms with Crippen molar-refractivity contribution in [2.45, 2.75) is 51.7 Å². The maximum Gasteiger partial charge on any atom is 0.786 e. The van der Waals surface area contributed by atoms with Crippen molar-refractivity contribution in [2.75, 3.05) is 6.61 Å². The third kappa shape index (κ3) is 4.87. The van der Waals surface area contributed by atoms with Crippen LogP contribution in [0.2, 0.25) is 0 Å². The number of hydrogen-bond donors (Lipinski definition) is 0. The van der Waals surface area contributed by atoms with Crippen LogP contribution in [0.1, 0.15) is 34.1 Å². The number of hydrogen-bond acceptors (Lipinski definition) is 7. The van der Waals surface area contributed by atoms with Crippen molar-refractivity contribution >= 4 is 26.7 Å². The van der Waals surface area contributed by atoms with Gasteiger partial charge in [0.25, 0.3) is 17.9 Å². The van der Waals surface area contributed by atoms with Crippen molar-refractivity contribution in [3.05, 3.63) is 0 Å². The highest BCUT2D eigenvalue weighted by molar-refractivity contribution is 6.68. The highest BCUT2D eigenvalue weighted by atomic mass is 28.4. The predicted octanol–water partition coefficient (Wildman–Crippen LogP) is 2.44. The fourth-order valence-electron chi connectivity index (χ4n) is 1.52. The summed E-state index contributed by atoms with van der Waals surface area (Å²) in [5, 5.41) is 0. The van der Waals surface area contributed by atoms with E-state index in [4.69, 9.17) is 0 Å². The molecule has 152 valence electrons. The largest absolute Gasteiger partial charge is 0.786 e. The molecule has 0 amide bonds. The molecule has 14 heteroatoms. The van der Waals surface area contributed by atoms with E-state index in [0.717, 1.165) is 0 Å². The van der Waals surface area contributed by atoms with Crippen LogP contribution in [0, 0.1) is 0 Å². The van der Waals surface area contributed by atoms with E-state index in [9.17, 15) is 40.7 Å². The molecule has 0 unspecified atom stereocenters. The fourth-order valence-corrected chi connectivity index (χ4v) is 3.69. The number of rotatable bonds is 9. The van der Waals surface area contributed by atoms with Gasteiger partial charge in [-0.3, -0.25) is 14.4 Å². The molecule has 0 aliphatic carbocycles.